The van der Waals surface area contributed by atoms with E-state index in [-0.39, 0.29) is 12.5 Å². The molecule has 2 atom stereocenters. The summed E-state index contributed by atoms with van der Waals surface area (Å²) in [6.45, 7) is 4.18. The summed E-state index contributed by atoms with van der Waals surface area (Å²) in [6, 6.07) is 16.4. The van der Waals surface area contributed by atoms with Crippen LogP contribution in [0.1, 0.15) is 23.9 Å². The van der Waals surface area contributed by atoms with Crippen molar-refractivity contribution in [3.05, 3.63) is 78.3 Å². The number of amides is 1. The first-order valence-corrected chi connectivity index (χ1v) is 10.1. The van der Waals surface area contributed by atoms with Crippen molar-refractivity contribution in [2.75, 3.05) is 24.4 Å². The fourth-order valence-electron chi connectivity index (χ4n) is 3.72. The molecule has 0 bridgehead atoms. The van der Waals surface area contributed by atoms with Gasteiger partial charge in [-0.15, -0.1) is 0 Å². The first-order chi connectivity index (χ1) is 15.1. The molecule has 1 aliphatic rings. The van der Waals surface area contributed by atoms with Gasteiger partial charge >= 0.3 is 0 Å². The summed E-state index contributed by atoms with van der Waals surface area (Å²) in [4.78, 5) is 17.9. The number of aryl methyl sites for hydroxylation is 1. The zero-order chi connectivity index (χ0) is 21.8. The number of benzene rings is 2. The molecule has 3 N–H and O–H groups in total. The molecule has 4 rings (SSSR count). The Morgan fingerprint density at radius 1 is 1.23 bits per heavy atom. The monoisotopic (exact) mass is 419 g/mol. The van der Waals surface area contributed by atoms with Crippen LogP contribution >= 0.6 is 0 Å². The van der Waals surface area contributed by atoms with Gasteiger partial charge in [-0.2, -0.15) is 10.1 Å². The third-order valence-corrected chi connectivity index (χ3v) is 5.24. The molecule has 160 valence electrons. The van der Waals surface area contributed by atoms with Crippen LogP contribution < -0.4 is 15.4 Å². The van der Waals surface area contributed by atoms with Gasteiger partial charge in [0.1, 0.15) is 11.7 Å². The average molecular weight is 419 g/mol. The number of nitrogens with one attached hydrogen (secondary N) is 2. The van der Waals surface area contributed by atoms with Crippen molar-refractivity contribution in [2.45, 2.75) is 18.9 Å². The third kappa shape index (κ3) is 4.29. The molecule has 0 radical (unpaired) electrons. The van der Waals surface area contributed by atoms with Crippen molar-refractivity contribution < 1.29 is 14.6 Å². The molecule has 2 aromatic carbocycles. The number of aliphatic hydroxyl groups excluding tert-OH is 1. The van der Waals surface area contributed by atoms with Gasteiger partial charge in [0.05, 0.1) is 13.2 Å². The second-order valence-corrected chi connectivity index (χ2v) is 7.32. The van der Waals surface area contributed by atoms with Crippen LogP contribution in [0.2, 0.25) is 0 Å². The van der Waals surface area contributed by atoms with Crippen molar-refractivity contribution in [1.82, 2.24) is 14.8 Å². The van der Waals surface area contributed by atoms with Gasteiger partial charge in [-0.05, 0) is 36.2 Å². The van der Waals surface area contributed by atoms with Gasteiger partial charge in [0.2, 0.25) is 11.9 Å². The number of carbonyl (C=O) groups is 1. The van der Waals surface area contributed by atoms with E-state index >= 15 is 0 Å². The van der Waals surface area contributed by atoms with Crippen LogP contribution in [0.15, 0.2) is 66.9 Å². The molecule has 31 heavy (non-hydrogen) atoms. The minimum atomic E-state index is -0.617. The van der Waals surface area contributed by atoms with Crippen LogP contribution in [0, 0.1) is 5.92 Å². The number of aliphatic hydroxyl groups is 1. The molecule has 1 amide bonds. The van der Waals surface area contributed by atoms with E-state index in [2.05, 4.69) is 27.3 Å². The summed E-state index contributed by atoms with van der Waals surface area (Å²) in [5.74, 6) is 1.05. The van der Waals surface area contributed by atoms with E-state index < -0.39 is 12.0 Å². The van der Waals surface area contributed by atoms with E-state index in [1.54, 1.807) is 11.8 Å². The van der Waals surface area contributed by atoms with E-state index in [0.717, 1.165) is 11.3 Å². The molecular weight excluding hydrogens is 394 g/mol. The lowest BCUT2D eigenvalue weighted by Crippen LogP contribution is -2.39. The van der Waals surface area contributed by atoms with Crippen molar-refractivity contribution in [3.63, 3.8) is 0 Å². The second-order valence-electron chi connectivity index (χ2n) is 7.32. The maximum absolute atomic E-state index is 13.3. The lowest BCUT2D eigenvalue weighted by molar-refractivity contribution is -0.119. The van der Waals surface area contributed by atoms with Crippen LogP contribution in [0.25, 0.3) is 0 Å². The van der Waals surface area contributed by atoms with E-state index in [0.29, 0.717) is 36.0 Å². The Bertz CT molecular complexity index is 1060. The molecule has 0 unspecified atom stereocenters. The van der Waals surface area contributed by atoms with Crippen molar-refractivity contribution in [3.8, 4) is 5.75 Å². The zero-order valence-electron chi connectivity index (χ0n) is 17.3. The molecule has 8 heteroatoms. The van der Waals surface area contributed by atoms with Gasteiger partial charge in [0.25, 0.3) is 0 Å². The van der Waals surface area contributed by atoms with Crippen LogP contribution in [0.5, 0.6) is 5.75 Å². The number of hydrogen-bond donors (Lipinski definition) is 3. The van der Waals surface area contributed by atoms with Gasteiger partial charge in [0, 0.05) is 24.4 Å². The first kappa shape index (κ1) is 20.6. The maximum atomic E-state index is 13.3. The number of hydrogen-bond acceptors (Lipinski definition) is 6. The van der Waals surface area contributed by atoms with E-state index in [1.807, 2.05) is 54.6 Å². The second kappa shape index (κ2) is 9.01. The fraction of sp³-hybridized carbons (Fsp3) is 0.261. The zero-order valence-corrected chi connectivity index (χ0v) is 17.3. The number of anilines is 2. The third-order valence-electron chi connectivity index (χ3n) is 5.24. The molecule has 0 spiro atoms. The summed E-state index contributed by atoms with van der Waals surface area (Å²) in [6.07, 6.45) is 1.11. The lowest BCUT2D eigenvalue weighted by atomic mass is 9.88. The molecule has 1 aromatic heterocycles. The highest BCUT2D eigenvalue weighted by Crippen LogP contribution is 2.38. The topological polar surface area (TPSA) is 101 Å². The van der Waals surface area contributed by atoms with Gasteiger partial charge in [-0.3, -0.25) is 4.79 Å². The smallest absolute Gasteiger partial charge is 0.235 e. The van der Waals surface area contributed by atoms with Crippen LogP contribution in [0.3, 0.4) is 0 Å². The number of methoxy groups -OCH3 is 1. The quantitative estimate of drug-likeness (QED) is 0.544. The predicted molar refractivity (Wildman–Crippen MR) is 118 cm³/mol. The predicted octanol–water partition coefficient (Wildman–Crippen LogP) is 3.00. The molecule has 0 saturated heterocycles. The fourth-order valence-corrected chi connectivity index (χ4v) is 3.72. The van der Waals surface area contributed by atoms with Crippen LogP contribution in [-0.4, -0.2) is 39.5 Å². The molecule has 2 heterocycles. The Labute approximate surface area is 180 Å². The number of para-hydroxylation sites is 1. The number of ether oxygens (including phenoxy) is 1. The van der Waals surface area contributed by atoms with E-state index in [9.17, 15) is 4.79 Å². The Morgan fingerprint density at radius 3 is 2.65 bits per heavy atom. The largest absolute Gasteiger partial charge is 0.497 e. The van der Waals surface area contributed by atoms with Crippen molar-refractivity contribution in [2.24, 2.45) is 5.92 Å². The van der Waals surface area contributed by atoms with Gasteiger partial charge in [-0.25, -0.2) is 4.68 Å². The molecule has 0 saturated carbocycles. The number of fused-ring (bicyclic) bond motifs is 1. The van der Waals surface area contributed by atoms with Crippen LogP contribution in [-0.2, 0) is 11.2 Å². The summed E-state index contributed by atoms with van der Waals surface area (Å²) in [5.41, 5.74) is 2.14. The van der Waals surface area contributed by atoms with E-state index in [4.69, 9.17) is 9.84 Å². The van der Waals surface area contributed by atoms with Gasteiger partial charge in [0.15, 0.2) is 5.82 Å². The Kier molecular flexibility index (Phi) is 5.99. The van der Waals surface area contributed by atoms with Crippen molar-refractivity contribution in [1.29, 1.82) is 0 Å². The lowest BCUT2D eigenvalue weighted by Gasteiger charge is -2.33. The van der Waals surface area contributed by atoms with Gasteiger partial charge in [-0.1, -0.05) is 36.9 Å². The summed E-state index contributed by atoms with van der Waals surface area (Å²) >= 11 is 0. The minimum absolute atomic E-state index is 0.0635. The molecular formula is C23H25N5O3. The summed E-state index contributed by atoms with van der Waals surface area (Å²) in [5, 5.41) is 19.9. The average Bonchev–Trinajstić information content (AvgIpc) is 3.19. The normalized spacial score (nSPS) is 17.5. The Morgan fingerprint density at radius 2 is 1.97 bits per heavy atom. The Balaban J connectivity index is 1.73. The van der Waals surface area contributed by atoms with E-state index in [1.165, 1.54) is 0 Å². The standard InChI is InChI=1S/C23H25N5O3/c1-15-20(22(30)25-17-7-4-3-5-8-17)21(16-10-12-18(31-2)13-11-16)28-23(24-15)26-19(27-28)9-6-14-29/h3-5,7-8,10-13,20-21,29H,1,6,9,14H2,2H3,(H,25,30)(H,24,26,27)/t20-,21+/m0/s1. The highest BCUT2D eigenvalue weighted by Gasteiger charge is 2.40. The number of carbonyl (C=O) groups excluding carboxylic acids is 1. The van der Waals surface area contributed by atoms with Gasteiger partial charge < -0.3 is 20.5 Å². The molecule has 0 aliphatic carbocycles. The number of nitrogens with zero attached hydrogens (tertiary/aromatic N) is 3. The molecule has 3 aromatic rings. The molecule has 0 fully saturated rings. The first-order valence-electron chi connectivity index (χ1n) is 10.1. The summed E-state index contributed by atoms with van der Waals surface area (Å²) in [7, 11) is 1.61. The summed E-state index contributed by atoms with van der Waals surface area (Å²) < 4.78 is 7.02. The highest BCUT2D eigenvalue weighted by atomic mass is 16.5. The van der Waals surface area contributed by atoms with Crippen LogP contribution in [0.4, 0.5) is 11.6 Å². The molecule has 8 nitrogen and oxygen atoms in total. The highest BCUT2D eigenvalue weighted by molar-refractivity contribution is 5.95. The maximum Gasteiger partial charge on any atom is 0.235 e. The number of rotatable bonds is 7. The minimum Gasteiger partial charge on any atom is -0.497 e. The Hall–Kier alpha value is -3.65. The molecule has 1 aliphatic heterocycles. The number of aromatic nitrogens is 3. The SMILES string of the molecule is C=C1Nc2nc(CCCO)nn2[C@H](c2ccc(OC)cc2)[C@H]1C(=O)Nc1ccccc1. The van der Waals surface area contributed by atoms with Crippen molar-refractivity contribution >= 4 is 17.5 Å².